The van der Waals surface area contributed by atoms with Crippen molar-refractivity contribution in [2.24, 2.45) is 10.9 Å². The third-order valence-corrected chi connectivity index (χ3v) is 8.17. The van der Waals surface area contributed by atoms with Gasteiger partial charge in [-0.3, -0.25) is 19.0 Å². The molecule has 0 fully saturated rings. The topological polar surface area (TPSA) is 117 Å². The van der Waals surface area contributed by atoms with Crippen LogP contribution >= 0.6 is 11.3 Å². The number of amides is 1. The number of rotatable bonds is 8. The molecule has 1 amide bonds. The van der Waals surface area contributed by atoms with Gasteiger partial charge in [0.2, 0.25) is 0 Å². The molecule has 0 bridgehead atoms. The second-order valence-electron chi connectivity index (χ2n) is 10.7. The lowest BCUT2D eigenvalue weighted by Crippen LogP contribution is -2.41. The molecule has 10 nitrogen and oxygen atoms in total. The number of carbonyl (C=O) groups is 3. The van der Waals surface area contributed by atoms with E-state index in [-0.39, 0.29) is 40.0 Å². The summed E-state index contributed by atoms with van der Waals surface area (Å²) in [5.41, 5.74) is 2.41. The number of aromatic nitrogens is 1. The number of benzene rings is 2. The van der Waals surface area contributed by atoms with Crippen molar-refractivity contribution in [2.45, 2.75) is 47.1 Å². The maximum Gasteiger partial charge on any atom is 0.338 e. The molecule has 2 aromatic carbocycles. The number of anilines is 1. The molecule has 3 heterocycles. The maximum atomic E-state index is 14.4. The molecular formula is C32H33N3O7S. The normalized spacial score (nSPS) is 17.0. The molecule has 224 valence electrons. The van der Waals surface area contributed by atoms with Gasteiger partial charge >= 0.3 is 11.9 Å². The van der Waals surface area contributed by atoms with Gasteiger partial charge in [0.25, 0.3) is 11.5 Å². The highest BCUT2D eigenvalue weighted by atomic mass is 32.1. The average Bonchev–Trinajstić information content (AvgIpc) is 3.43. The highest BCUT2D eigenvalue weighted by Gasteiger charge is 2.37. The van der Waals surface area contributed by atoms with Crippen LogP contribution < -0.4 is 29.3 Å². The van der Waals surface area contributed by atoms with Gasteiger partial charge in [0.05, 0.1) is 42.3 Å². The zero-order chi connectivity index (χ0) is 31.0. The minimum absolute atomic E-state index is 0.0916. The van der Waals surface area contributed by atoms with E-state index in [4.69, 9.17) is 14.2 Å². The molecule has 0 radical (unpaired) electrons. The van der Waals surface area contributed by atoms with Crippen LogP contribution in [0.3, 0.4) is 0 Å². The molecule has 0 saturated carbocycles. The van der Waals surface area contributed by atoms with E-state index in [0.29, 0.717) is 33.7 Å². The Balaban J connectivity index is 1.77. The first kappa shape index (κ1) is 30.0. The number of fused-ring (bicyclic) bond motifs is 2. The highest BCUT2D eigenvalue weighted by molar-refractivity contribution is 7.07. The Morgan fingerprint density at radius 2 is 1.84 bits per heavy atom. The van der Waals surface area contributed by atoms with E-state index in [1.807, 2.05) is 45.0 Å². The largest absolute Gasteiger partial charge is 0.493 e. The van der Waals surface area contributed by atoms with Crippen molar-refractivity contribution < 1.29 is 28.6 Å². The minimum atomic E-state index is -0.941. The van der Waals surface area contributed by atoms with Gasteiger partial charge < -0.3 is 19.1 Å². The molecule has 2 aliphatic heterocycles. The summed E-state index contributed by atoms with van der Waals surface area (Å²) in [5.74, 6) is -0.830. The number of allylic oxidation sites excluding steroid dienone is 1. The molecule has 43 heavy (non-hydrogen) atoms. The SMILES string of the molecule is CCCN1C(=O)/C(=c2\sc3n(c2=O)C(c2ccc(OC(C)=O)c(OC)c2)C(C(=O)OCC(C)C)=C(C)N=3)c2ccccc21. The number of hydrogen-bond acceptors (Lipinski definition) is 9. The number of methoxy groups -OCH3 is 1. The quantitative estimate of drug-likeness (QED) is 0.286. The van der Waals surface area contributed by atoms with Gasteiger partial charge in [0.15, 0.2) is 16.3 Å². The third kappa shape index (κ3) is 5.40. The van der Waals surface area contributed by atoms with Gasteiger partial charge in [0, 0.05) is 19.0 Å². The van der Waals surface area contributed by atoms with Gasteiger partial charge in [0.1, 0.15) is 4.53 Å². The zero-order valence-electron chi connectivity index (χ0n) is 24.9. The van der Waals surface area contributed by atoms with Gasteiger partial charge in [-0.15, -0.1) is 0 Å². The number of ether oxygens (including phenoxy) is 3. The number of esters is 2. The van der Waals surface area contributed by atoms with Crippen molar-refractivity contribution >= 4 is 40.4 Å². The van der Waals surface area contributed by atoms with Crippen molar-refractivity contribution in [1.29, 1.82) is 0 Å². The second kappa shape index (κ2) is 12.0. The summed E-state index contributed by atoms with van der Waals surface area (Å²) in [7, 11) is 1.43. The molecule has 3 aromatic rings. The van der Waals surface area contributed by atoms with E-state index in [9.17, 15) is 19.2 Å². The molecule has 2 aliphatic rings. The Hall–Kier alpha value is -4.51. The third-order valence-electron chi connectivity index (χ3n) is 7.12. The number of nitrogens with zero attached hydrogens (tertiary/aromatic N) is 3. The van der Waals surface area contributed by atoms with Crippen LogP contribution in [0.5, 0.6) is 11.5 Å². The zero-order valence-corrected chi connectivity index (χ0v) is 25.7. The van der Waals surface area contributed by atoms with Gasteiger partial charge in [-0.2, -0.15) is 0 Å². The van der Waals surface area contributed by atoms with Crippen molar-refractivity contribution in [3.8, 4) is 11.5 Å². The molecule has 0 aliphatic carbocycles. The lowest BCUT2D eigenvalue weighted by molar-refractivity contribution is -0.140. The van der Waals surface area contributed by atoms with E-state index in [2.05, 4.69) is 4.99 Å². The summed E-state index contributed by atoms with van der Waals surface area (Å²) in [6.07, 6.45) is 0.751. The predicted molar refractivity (Wildman–Crippen MR) is 162 cm³/mol. The number of thiazole rings is 1. The van der Waals surface area contributed by atoms with Crippen molar-refractivity contribution in [3.63, 3.8) is 0 Å². The molecule has 0 saturated heterocycles. The van der Waals surface area contributed by atoms with Crippen molar-refractivity contribution in [1.82, 2.24) is 4.57 Å². The van der Waals surface area contributed by atoms with Crippen LogP contribution in [0.2, 0.25) is 0 Å². The van der Waals surface area contributed by atoms with Crippen LogP contribution in [0.25, 0.3) is 5.57 Å². The van der Waals surface area contributed by atoms with Gasteiger partial charge in [-0.25, -0.2) is 9.79 Å². The average molecular weight is 604 g/mol. The molecular weight excluding hydrogens is 570 g/mol. The standard InChI is InChI=1S/C32H33N3O7S/c1-7-14-34-22-11-9-8-10-21(22)26(29(34)37)28-30(38)35-27(20-12-13-23(42-19(5)36)24(15-20)40-6)25(18(4)33-32(35)43-28)31(39)41-16-17(2)3/h8-13,15,17,27H,7,14,16H2,1-6H3/b28-26-. The van der Waals surface area contributed by atoms with Crippen LogP contribution in [0.4, 0.5) is 5.69 Å². The summed E-state index contributed by atoms with van der Waals surface area (Å²) in [4.78, 5) is 60.0. The summed E-state index contributed by atoms with van der Waals surface area (Å²) >= 11 is 1.11. The first-order chi connectivity index (χ1) is 20.6. The molecule has 1 unspecified atom stereocenters. The minimum Gasteiger partial charge on any atom is -0.493 e. The van der Waals surface area contributed by atoms with Crippen LogP contribution in [0.1, 0.15) is 58.2 Å². The van der Waals surface area contributed by atoms with Gasteiger partial charge in [-0.05, 0) is 43.0 Å². The fourth-order valence-corrected chi connectivity index (χ4v) is 6.44. The lowest BCUT2D eigenvalue weighted by atomic mass is 9.95. The molecule has 1 atom stereocenters. The molecule has 0 spiro atoms. The Kier molecular flexibility index (Phi) is 8.36. The smallest absolute Gasteiger partial charge is 0.338 e. The van der Waals surface area contributed by atoms with Crippen LogP contribution in [-0.4, -0.2) is 42.7 Å². The monoisotopic (exact) mass is 603 g/mol. The molecule has 5 rings (SSSR count). The van der Waals surface area contributed by atoms with Crippen molar-refractivity contribution in [3.05, 3.63) is 84.5 Å². The summed E-state index contributed by atoms with van der Waals surface area (Å²) in [6, 6.07) is 11.3. The number of para-hydroxylation sites is 1. The van der Waals surface area contributed by atoms with E-state index < -0.39 is 23.5 Å². The Morgan fingerprint density at radius 3 is 2.51 bits per heavy atom. The van der Waals surface area contributed by atoms with Crippen LogP contribution in [0, 0.1) is 5.92 Å². The lowest BCUT2D eigenvalue weighted by Gasteiger charge is -2.25. The van der Waals surface area contributed by atoms with E-state index in [1.54, 1.807) is 30.0 Å². The summed E-state index contributed by atoms with van der Waals surface area (Å²) in [6.45, 7) is 9.53. The molecule has 11 heteroatoms. The van der Waals surface area contributed by atoms with E-state index in [1.165, 1.54) is 18.6 Å². The molecule has 1 aromatic heterocycles. The number of hydrogen-bond donors (Lipinski definition) is 0. The highest BCUT2D eigenvalue weighted by Crippen LogP contribution is 2.37. The van der Waals surface area contributed by atoms with E-state index in [0.717, 1.165) is 23.4 Å². The predicted octanol–water partition coefficient (Wildman–Crippen LogP) is 3.50. The number of carbonyl (C=O) groups excluding carboxylic acids is 3. The summed E-state index contributed by atoms with van der Waals surface area (Å²) in [5, 5.41) is 0. The maximum absolute atomic E-state index is 14.4. The Bertz CT molecular complexity index is 1850. The Labute approximate surface area is 252 Å². The second-order valence-corrected chi connectivity index (χ2v) is 11.7. The first-order valence-corrected chi connectivity index (χ1v) is 14.9. The summed E-state index contributed by atoms with van der Waals surface area (Å²) < 4.78 is 18.1. The van der Waals surface area contributed by atoms with E-state index >= 15 is 0 Å². The fourth-order valence-electron chi connectivity index (χ4n) is 5.31. The van der Waals surface area contributed by atoms with Crippen molar-refractivity contribution in [2.75, 3.05) is 25.2 Å². The fraction of sp³-hybridized carbons (Fsp3) is 0.344. The first-order valence-electron chi connectivity index (χ1n) is 14.1. The van der Waals surface area contributed by atoms with Crippen LogP contribution in [-0.2, 0) is 19.1 Å². The molecule has 0 N–H and O–H groups in total. The van der Waals surface area contributed by atoms with Crippen LogP contribution in [0.15, 0.2) is 63.5 Å². The van der Waals surface area contributed by atoms with Gasteiger partial charge in [-0.1, -0.05) is 56.4 Å². The Morgan fingerprint density at radius 1 is 1.09 bits per heavy atom.